The number of nitrogens with one attached hydrogen (secondary N) is 1. The zero-order chi connectivity index (χ0) is 19.0. The minimum atomic E-state index is 0.147. The third-order valence-electron chi connectivity index (χ3n) is 5.47. The Morgan fingerprint density at radius 2 is 1.93 bits per heavy atom. The lowest BCUT2D eigenvalue weighted by Gasteiger charge is -2.18. The molecule has 1 fully saturated rings. The molecule has 0 spiro atoms. The Morgan fingerprint density at radius 1 is 1.04 bits per heavy atom. The summed E-state index contributed by atoms with van der Waals surface area (Å²) in [6.45, 7) is 1.17. The van der Waals surface area contributed by atoms with Crippen LogP contribution < -0.4 is 19.5 Å². The van der Waals surface area contributed by atoms with Crippen LogP contribution in [0.15, 0.2) is 54.9 Å². The zero-order valence-electron chi connectivity index (χ0n) is 15.6. The van der Waals surface area contributed by atoms with Crippen molar-refractivity contribution in [2.75, 3.05) is 25.8 Å². The standard InChI is InChI=1S/C22H21N3O3/c1-26-21-5-2-15(12-24-21)18-10-16(6-9-23-18)22(7-8-22)13-25-17-3-4-19-20(11-17)28-14-27-19/h2-6,9-12,25H,7-8,13-14H2,1H3. The fraction of sp³-hybridized carbons (Fsp3) is 0.273. The lowest BCUT2D eigenvalue weighted by molar-refractivity contribution is 0.174. The van der Waals surface area contributed by atoms with Crippen molar-refractivity contribution in [2.45, 2.75) is 18.3 Å². The molecule has 3 aromatic rings. The van der Waals surface area contributed by atoms with Crippen LogP contribution in [0, 0.1) is 0 Å². The van der Waals surface area contributed by atoms with Gasteiger partial charge in [-0.25, -0.2) is 4.98 Å². The summed E-state index contributed by atoms with van der Waals surface area (Å²) in [6.07, 6.45) is 6.01. The molecule has 0 bridgehead atoms. The van der Waals surface area contributed by atoms with E-state index in [-0.39, 0.29) is 5.41 Å². The summed E-state index contributed by atoms with van der Waals surface area (Å²) in [7, 11) is 1.62. The van der Waals surface area contributed by atoms with Crippen LogP contribution in [0.5, 0.6) is 17.4 Å². The second-order valence-electron chi connectivity index (χ2n) is 7.22. The molecule has 2 aliphatic rings. The van der Waals surface area contributed by atoms with Crippen LogP contribution >= 0.6 is 0 Å². The second-order valence-corrected chi connectivity index (χ2v) is 7.22. The van der Waals surface area contributed by atoms with Crippen molar-refractivity contribution in [1.29, 1.82) is 0 Å². The van der Waals surface area contributed by atoms with Gasteiger partial charge in [0.1, 0.15) is 0 Å². The zero-order valence-corrected chi connectivity index (χ0v) is 15.6. The van der Waals surface area contributed by atoms with E-state index in [1.54, 1.807) is 13.3 Å². The molecule has 3 heterocycles. The lowest BCUT2D eigenvalue weighted by Crippen LogP contribution is -2.19. The van der Waals surface area contributed by atoms with E-state index in [0.29, 0.717) is 12.7 Å². The van der Waals surface area contributed by atoms with Crippen molar-refractivity contribution in [3.63, 3.8) is 0 Å². The Bertz CT molecular complexity index is 1000. The number of rotatable bonds is 6. The van der Waals surface area contributed by atoms with Gasteiger partial charge >= 0.3 is 0 Å². The van der Waals surface area contributed by atoms with Crippen molar-refractivity contribution >= 4 is 5.69 Å². The molecular formula is C22H21N3O3. The first-order valence-electron chi connectivity index (χ1n) is 9.36. The molecule has 5 rings (SSSR count). The van der Waals surface area contributed by atoms with Gasteiger partial charge in [-0.15, -0.1) is 0 Å². The Kier molecular flexibility index (Phi) is 4.04. The number of hydrogen-bond acceptors (Lipinski definition) is 6. The molecule has 6 heteroatoms. The number of pyridine rings is 2. The summed E-state index contributed by atoms with van der Waals surface area (Å²) in [6, 6.07) is 14.1. The van der Waals surface area contributed by atoms with Gasteiger partial charge in [0.05, 0.1) is 12.8 Å². The van der Waals surface area contributed by atoms with Gasteiger partial charge in [0, 0.05) is 47.7 Å². The summed E-state index contributed by atoms with van der Waals surface area (Å²) in [5.41, 5.74) is 4.42. The van der Waals surface area contributed by atoms with E-state index < -0.39 is 0 Å². The third-order valence-corrected chi connectivity index (χ3v) is 5.47. The van der Waals surface area contributed by atoms with Crippen molar-refractivity contribution in [3.8, 4) is 28.6 Å². The van der Waals surface area contributed by atoms with Crippen LogP contribution in [0.2, 0.25) is 0 Å². The first-order chi connectivity index (χ1) is 13.8. The minimum absolute atomic E-state index is 0.147. The molecule has 142 valence electrons. The molecule has 1 aliphatic heterocycles. The molecule has 1 aromatic carbocycles. The first kappa shape index (κ1) is 16.9. The van der Waals surface area contributed by atoms with Crippen LogP contribution in [-0.2, 0) is 5.41 Å². The van der Waals surface area contributed by atoms with Crippen molar-refractivity contribution in [3.05, 3.63) is 60.4 Å². The van der Waals surface area contributed by atoms with Gasteiger partial charge < -0.3 is 19.5 Å². The molecule has 28 heavy (non-hydrogen) atoms. The average Bonchev–Trinajstić information content (AvgIpc) is 3.41. The Labute approximate surface area is 163 Å². The highest BCUT2D eigenvalue weighted by Gasteiger charge is 2.44. The number of hydrogen-bond donors (Lipinski definition) is 1. The molecule has 2 aromatic heterocycles. The van der Waals surface area contributed by atoms with Crippen LogP contribution in [0.1, 0.15) is 18.4 Å². The smallest absolute Gasteiger partial charge is 0.231 e. The topological polar surface area (TPSA) is 65.5 Å². The van der Waals surface area contributed by atoms with Gasteiger partial charge in [-0.3, -0.25) is 4.98 Å². The maximum atomic E-state index is 5.47. The number of nitrogens with zero attached hydrogens (tertiary/aromatic N) is 2. The van der Waals surface area contributed by atoms with E-state index in [4.69, 9.17) is 14.2 Å². The predicted molar refractivity (Wildman–Crippen MR) is 106 cm³/mol. The van der Waals surface area contributed by atoms with E-state index in [9.17, 15) is 0 Å². The van der Waals surface area contributed by atoms with E-state index in [1.165, 1.54) is 5.56 Å². The molecule has 0 atom stereocenters. The van der Waals surface area contributed by atoms with E-state index in [0.717, 1.165) is 47.8 Å². The summed E-state index contributed by atoms with van der Waals surface area (Å²) in [5, 5.41) is 3.57. The molecule has 0 amide bonds. The summed E-state index contributed by atoms with van der Waals surface area (Å²) in [5.74, 6) is 2.21. The molecule has 6 nitrogen and oxygen atoms in total. The highest BCUT2D eigenvalue weighted by Crippen LogP contribution is 2.49. The third kappa shape index (κ3) is 3.11. The predicted octanol–water partition coefficient (Wildman–Crippen LogP) is 4.02. The molecule has 1 saturated carbocycles. The molecule has 1 aliphatic carbocycles. The SMILES string of the molecule is COc1ccc(-c2cc(C3(CNc4ccc5c(c4)OCO5)CC3)ccn2)cn1. The average molecular weight is 375 g/mol. The first-order valence-corrected chi connectivity index (χ1v) is 9.36. The van der Waals surface area contributed by atoms with Crippen molar-refractivity contribution < 1.29 is 14.2 Å². The second kappa shape index (κ2) is 6.71. The highest BCUT2D eigenvalue weighted by atomic mass is 16.7. The monoisotopic (exact) mass is 375 g/mol. The van der Waals surface area contributed by atoms with Crippen molar-refractivity contribution in [1.82, 2.24) is 9.97 Å². The summed E-state index contributed by atoms with van der Waals surface area (Å²) < 4.78 is 16.0. The van der Waals surface area contributed by atoms with Gasteiger partial charge in [-0.05, 0) is 48.7 Å². The number of methoxy groups -OCH3 is 1. The van der Waals surface area contributed by atoms with E-state index in [2.05, 4.69) is 27.4 Å². The Hall–Kier alpha value is -3.28. The van der Waals surface area contributed by atoms with Gasteiger partial charge in [0.2, 0.25) is 12.7 Å². The normalized spacial score (nSPS) is 15.9. The van der Waals surface area contributed by atoms with E-state index >= 15 is 0 Å². The fourth-order valence-corrected chi connectivity index (χ4v) is 3.57. The number of benzene rings is 1. The molecule has 0 unspecified atom stereocenters. The largest absolute Gasteiger partial charge is 0.481 e. The van der Waals surface area contributed by atoms with Gasteiger partial charge in [-0.2, -0.15) is 0 Å². The maximum Gasteiger partial charge on any atom is 0.231 e. The van der Waals surface area contributed by atoms with Gasteiger partial charge in [0.25, 0.3) is 0 Å². The lowest BCUT2D eigenvalue weighted by atomic mass is 9.95. The number of ether oxygens (including phenoxy) is 3. The maximum absolute atomic E-state index is 5.47. The molecule has 0 radical (unpaired) electrons. The van der Waals surface area contributed by atoms with Crippen molar-refractivity contribution in [2.24, 2.45) is 0 Å². The van der Waals surface area contributed by atoms with Gasteiger partial charge in [-0.1, -0.05) is 0 Å². The highest BCUT2D eigenvalue weighted by molar-refractivity contribution is 5.60. The number of anilines is 1. The van der Waals surface area contributed by atoms with E-state index in [1.807, 2.05) is 36.5 Å². The molecule has 1 N–H and O–H groups in total. The summed E-state index contributed by atoms with van der Waals surface area (Å²) in [4.78, 5) is 8.82. The quantitative estimate of drug-likeness (QED) is 0.702. The summed E-state index contributed by atoms with van der Waals surface area (Å²) >= 11 is 0. The number of aromatic nitrogens is 2. The van der Waals surface area contributed by atoms with Crippen LogP contribution in [-0.4, -0.2) is 30.4 Å². The Morgan fingerprint density at radius 3 is 2.71 bits per heavy atom. The van der Waals surface area contributed by atoms with Gasteiger partial charge in [0.15, 0.2) is 11.5 Å². The minimum Gasteiger partial charge on any atom is -0.481 e. The molecule has 0 saturated heterocycles. The Balaban J connectivity index is 1.33. The van der Waals surface area contributed by atoms with Crippen LogP contribution in [0.3, 0.4) is 0 Å². The number of fused-ring (bicyclic) bond motifs is 1. The van der Waals surface area contributed by atoms with Crippen LogP contribution in [0.4, 0.5) is 5.69 Å². The fourth-order valence-electron chi connectivity index (χ4n) is 3.57. The van der Waals surface area contributed by atoms with Crippen LogP contribution in [0.25, 0.3) is 11.3 Å². The molecular weight excluding hydrogens is 354 g/mol.